The molecular formula is C12H23N3O4. The summed E-state index contributed by atoms with van der Waals surface area (Å²) >= 11 is 0. The fourth-order valence-corrected chi connectivity index (χ4v) is 2.25. The lowest BCUT2D eigenvalue weighted by Gasteiger charge is -2.27. The highest BCUT2D eigenvalue weighted by atomic mass is 16.4. The number of aliphatic hydroxyl groups is 1. The van der Waals surface area contributed by atoms with Crippen LogP contribution in [0.25, 0.3) is 0 Å². The second-order valence-electron chi connectivity index (χ2n) is 5.01. The molecule has 0 aromatic carbocycles. The maximum Gasteiger partial charge on any atom is 0.326 e. The van der Waals surface area contributed by atoms with Gasteiger partial charge in [0.05, 0.1) is 0 Å². The molecule has 110 valence electrons. The molecule has 19 heavy (non-hydrogen) atoms. The molecule has 0 spiro atoms. The molecule has 3 N–H and O–H groups in total. The van der Waals surface area contributed by atoms with E-state index in [0.717, 1.165) is 19.4 Å². The van der Waals surface area contributed by atoms with Crippen LogP contribution in [-0.2, 0) is 4.79 Å². The Hall–Kier alpha value is -1.34. The van der Waals surface area contributed by atoms with Crippen molar-refractivity contribution in [2.24, 2.45) is 0 Å². The molecule has 1 fully saturated rings. The summed E-state index contributed by atoms with van der Waals surface area (Å²) in [5.74, 6) is -1.13. The lowest BCUT2D eigenvalue weighted by molar-refractivity contribution is -0.139. The number of likely N-dealkylation sites (N-methyl/N-ethyl adjacent to an activating group) is 2. The van der Waals surface area contributed by atoms with Gasteiger partial charge in [-0.3, -0.25) is 0 Å². The van der Waals surface area contributed by atoms with Gasteiger partial charge in [-0.1, -0.05) is 0 Å². The van der Waals surface area contributed by atoms with Crippen molar-refractivity contribution >= 4 is 12.0 Å². The third-order valence-corrected chi connectivity index (χ3v) is 3.52. The van der Waals surface area contributed by atoms with Gasteiger partial charge in [0.2, 0.25) is 0 Å². The van der Waals surface area contributed by atoms with Crippen molar-refractivity contribution < 1.29 is 19.8 Å². The van der Waals surface area contributed by atoms with Gasteiger partial charge in [0.1, 0.15) is 6.04 Å². The van der Waals surface area contributed by atoms with Gasteiger partial charge in [0.25, 0.3) is 0 Å². The van der Waals surface area contributed by atoms with E-state index >= 15 is 0 Å². The topological polar surface area (TPSA) is 93.1 Å². The summed E-state index contributed by atoms with van der Waals surface area (Å²) in [4.78, 5) is 26.5. The standard InChI is InChI=1S/C12H23N3O4/c1-14-6-3-4-9(14)8-15(2)12(19)13-10(5-7-16)11(17)18/h9-10,16H,3-8H2,1-2H3,(H,13,19)(H,17,18)/t9?,10-/m1/s1. The molecule has 0 saturated carbocycles. The molecule has 2 atom stereocenters. The molecule has 0 aromatic rings. The number of aliphatic carboxylic acids is 1. The van der Waals surface area contributed by atoms with Crippen LogP contribution >= 0.6 is 0 Å². The van der Waals surface area contributed by atoms with Gasteiger partial charge in [-0.2, -0.15) is 0 Å². The first-order chi connectivity index (χ1) is 8.95. The molecule has 1 heterocycles. The summed E-state index contributed by atoms with van der Waals surface area (Å²) in [6, 6.07) is -1.13. The minimum atomic E-state index is -1.13. The third-order valence-electron chi connectivity index (χ3n) is 3.52. The van der Waals surface area contributed by atoms with Crippen LogP contribution < -0.4 is 5.32 Å². The van der Waals surface area contributed by atoms with Crippen LogP contribution in [0.4, 0.5) is 4.79 Å². The first-order valence-corrected chi connectivity index (χ1v) is 6.51. The van der Waals surface area contributed by atoms with Crippen molar-refractivity contribution in [1.82, 2.24) is 15.1 Å². The predicted octanol–water partition coefficient (Wildman–Crippen LogP) is -0.442. The molecule has 7 heteroatoms. The van der Waals surface area contributed by atoms with E-state index in [4.69, 9.17) is 10.2 Å². The van der Waals surface area contributed by atoms with E-state index in [1.807, 2.05) is 7.05 Å². The number of aliphatic hydroxyl groups excluding tert-OH is 1. The Morgan fingerprint density at radius 2 is 2.21 bits per heavy atom. The molecule has 7 nitrogen and oxygen atoms in total. The zero-order valence-corrected chi connectivity index (χ0v) is 11.5. The molecule has 1 rings (SSSR count). The minimum absolute atomic E-state index is 0.0121. The highest BCUT2D eigenvalue weighted by Crippen LogP contribution is 2.15. The molecule has 2 amide bonds. The molecule has 1 aliphatic heterocycles. The number of amides is 2. The maximum absolute atomic E-state index is 11.9. The van der Waals surface area contributed by atoms with E-state index < -0.39 is 18.0 Å². The van der Waals surface area contributed by atoms with Gasteiger partial charge in [-0.05, 0) is 26.4 Å². The number of carbonyl (C=O) groups is 2. The predicted molar refractivity (Wildman–Crippen MR) is 69.9 cm³/mol. The van der Waals surface area contributed by atoms with E-state index in [1.165, 1.54) is 4.90 Å². The number of nitrogens with zero attached hydrogens (tertiary/aromatic N) is 2. The SMILES string of the molecule is CN(CC1CCCN1C)C(=O)N[C@H](CCO)C(=O)O. The monoisotopic (exact) mass is 273 g/mol. The number of urea groups is 1. The molecule has 1 aliphatic rings. The van der Waals surface area contributed by atoms with Gasteiger partial charge in [0, 0.05) is 32.7 Å². The summed E-state index contributed by atoms with van der Waals surface area (Å²) in [6.45, 7) is 1.34. The van der Waals surface area contributed by atoms with Gasteiger partial charge in [-0.25, -0.2) is 9.59 Å². The van der Waals surface area contributed by atoms with E-state index in [0.29, 0.717) is 12.6 Å². The molecule has 0 aliphatic carbocycles. The average Bonchev–Trinajstić information content (AvgIpc) is 2.74. The number of nitrogens with one attached hydrogen (secondary N) is 1. The van der Waals surface area contributed by atoms with Crippen LogP contribution in [0.2, 0.25) is 0 Å². The number of likely N-dealkylation sites (tertiary alicyclic amines) is 1. The Bertz CT molecular complexity index is 324. The van der Waals surface area contributed by atoms with Crippen LogP contribution in [-0.4, -0.2) is 77.9 Å². The van der Waals surface area contributed by atoms with E-state index in [1.54, 1.807) is 7.05 Å². The smallest absolute Gasteiger partial charge is 0.326 e. The summed E-state index contributed by atoms with van der Waals surface area (Å²) in [5, 5.41) is 20.1. The van der Waals surface area contributed by atoms with Crippen LogP contribution in [0.3, 0.4) is 0 Å². The first-order valence-electron chi connectivity index (χ1n) is 6.51. The van der Waals surface area contributed by atoms with Crippen molar-refractivity contribution in [2.75, 3.05) is 33.8 Å². The number of rotatable bonds is 6. The molecule has 0 bridgehead atoms. The van der Waals surface area contributed by atoms with Crippen LogP contribution in [0.15, 0.2) is 0 Å². The van der Waals surface area contributed by atoms with E-state index in [-0.39, 0.29) is 13.0 Å². The van der Waals surface area contributed by atoms with Crippen LogP contribution in [0, 0.1) is 0 Å². The van der Waals surface area contributed by atoms with Crippen molar-refractivity contribution in [3.05, 3.63) is 0 Å². The molecular weight excluding hydrogens is 250 g/mol. The molecule has 1 saturated heterocycles. The Labute approximate surface area is 113 Å². The molecule has 0 aromatic heterocycles. The fraction of sp³-hybridized carbons (Fsp3) is 0.833. The third kappa shape index (κ3) is 4.68. The zero-order valence-electron chi connectivity index (χ0n) is 11.5. The van der Waals surface area contributed by atoms with Gasteiger partial charge < -0.3 is 25.3 Å². The molecule has 0 radical (unpaired) electrons. The van der Waals surface area contributed by atoms with Crippen LogP contribution in [0.1, 0.15) is 19.3 Å². The maximum atomic E-state index is 11.9. The lowest BCUT2D eigenvalue weighted by Crippen LogP contribution is -2.49. The second kappa shape index (κ2) is 7.30. The Kier molecular flexibility index (Phi) is 6.04. The van der Waals surface area contributed by atoms with Crippen molar-refractivity contribution in [2.45, 2.75) is 31.3 Å². The quantitative estimate of drug-likeness (QED) is 0.610. The second-order valence-corrected chi connectivity index (χ2v) is 5.01. The van der Waals surface area contributed by atoms with Gasteiger partial charge >= 0.3 is 12.0 Å². The Morgan fingerprint density at radius 1 is 1.53 bits per heavy atom. The first kappa shape index (κ1) is 15.7. The number of hydrogen-bond acceptors (Lipinski definition) is 4. The Morgan fingerprint density at radius 3 is 2.68 bits per heavy atom. The number of carboxylic acid groups (broad SMARTS) is 1. The summed E-state index contributed by atoms with van der Waals surface area (Å²) < 4.78 is 0. The fourth-order valence-electron chi connectivity index (χ4n) is 2.25. The number of hydrogen-bond donors (Lipinski definition) is 3. The largest absolute Gasteiger partial charge is 0.480 e. The summed E-state index contributed by atoms with van der Waals surface area (Å²) in [5.41, 5.74) is 0. The number of carbonyl (C=O) groups excluding carboxylic acids is 1. The minimum Gasteiger partial charge on any atom is -0.480 e. The van der Waals surface area contributed by atoms with Crippen molar-refractivity contribution in [3.63, 3.8) is 0 Å². The van der Waals surface area contributed by atoms with Gasteiger partial charge in [-0.15, -0.1) is 0 Å². The van der Waals surface area contributed by atoms with E-state index in [9.17, 15) is 9.59 Å². The normalized spacial score (nSPS) is 21.1. The van der Waals surface area contributed by atoms with Crippen molar-refractivity contribution in [3.8, 4) is 0 Å². The Balaban J connectivity index is 2.44. The zero-order chi connectivity index (χ0) is 14.4. The number of carboxylic acids is 1. The highest BCUT2D eigenvalue weighted by Gasteiger charge is 2.26. The van der Waals surface area contributed by atoms with Gasteiger partial charge in [0.15, 0.2) is 0 Å². The average molecular weight is 273 g/mol. The van der Waals surface area contributed by atoms with E-state index in [2.05, 4.69) is 10.2 Å². The lowest BCUT2D eigenvalue weighted by atomic mass is 10.2. The summed E-state index contributed by atoms with van der Waals surface area (Å²) in [7, 11) is 3.68. The van der Waals surface area contributed by atoms with Crippen molar-refractivity contribution in [1.29, 1.82) is 0 Å². The summed E-state index contributed by atoms with van der Waals surface area (Å²) in [6.07, 6.45) is 2.18. The molecule has 1 unspecified atom stereocenters. The van der Waals surface area contributed by atoms with Crippen LogP contribution in [0.5, 0.6) is 0 Å². The highest BCUT2D eigenvalue weighted by molar-refractivity contribution is 5.82.